The number of aromatic nitrogens is 1. The Bertz CT molecular complexity index is 893. The van der Waals surface area contributed by atoms with Crippen LogP contribution in [-0.2, 0) is 6.54 Å². The summed E-state index contributed by atoms with van der Waals surface area (Å²) in [7, 11) is 0. The molecule has 3 rings (SSSR count). The summed E-state index contributed by atoms with van der Waals surface area (Å²) in [6, 6.07) is 16.2. The van der Waals surface area contributed by atoms with Crippen LogP contribution in [0.1, 0.15) is 5.56 Å². The van der Waals surface area contributed by atoms with E-state index in [0.29, 0.717) is 23.9 Å². The van der Waals surface area contributed by atoms with Gasteiger partial charge in [-0.05, 0) is 42.0 Å². The van der Waals surface area contributed by atoms with Crippen LogP contribution in [0.15, 0.2) is 59.4 Å². The number of pyridine rings is 1. The van der Waals surface area contributed by atoms with Crippen molar-refractivity contribution in [3.05, 3.63) is 75.5 Å². The number of hydrogen-bond acceptors (Lipinski definition) is 4. The maximum absolute atomic E-state index is 11.3. The van der Waals surface area contributed by atoms with Gasteiger partial charge >= 0.3 is 0 Å². The van der Waals surface area contributed by atoms with Crippen molar-refractivity contribution < 1.29 is 9.84 Å². The standard InChI is InChI=1S/C19H19ClN2O3/c20-15-4-1-13(2-5-15)10-21-11-16(23)12-25-17-6-7-18-14(9-17)3-8-19(24)22-18/h1-9,16,21,23H,10-12H2,(H,22,24)/t16-/m1/s1. The molecule has 130 valence electrons. The molecule has 0 unspecified atom stereocenters. The van der Waals surface area contributed by atoms with Crippen LogP contribution in [0.2, 0.25) is 5.02 Å². The first-order valence-electron chi connectivity index (χ1n) is 7.99. The van der Waals surface area contributed by atoms with Gasteiger partial charge in [-0.15, -0.1) is 0 Å². The number of hydrogen-bond donors (Lipinski definition) is 3. The summed E-state index contributed by atoms with van der Waals surface area (Å²) in [6.45, 7) is 1.25. The molecule has 0 fully saturated rings. The summed E-state index contributed by atoms with van der Waals surface area (Å²) < 4.78 is 5.63. The van der Waals surface area contributed by atoms with E-state index in [0.717, 1.165) is 16.5 Å². The second-order valence-corrected chi connectivity index (χ2v) is 6.23. The van der Waals surface area contributed by atoms with E-state index in [1.807, 2.05) is 30.3 Å². The highest BCUT2D eigenvalue weighted by Gasteiger charge is 2.06. The minimum Gasteiger partial charge on any atom is -0.491 e. The van der Waals surface area contributed by atoms with E-state index >= 15 is 0 Å². The zero-order valence-corrected chi connectivity index (χ0v) is 14.3. The van der Waals surface area contributed by atoms with E-state index in [2.05, 4.69) is 10.3 Å². The van der Waals surface area contributed by atoms with Gasteiger partial charge in [0.25, 0.3) is 0 Å². The van der Waals surface area contributed by atoms with Crippen LogP contribution < -0.4 is 15.6 Å². The monoisotopic (exact) mass is 358 g/mol. The Balaban J connectivity index is 1.47. The molecule has 0 spiro atoms. The van der Waals surface area contributed by atoms with E-state index in [9.17, 15) is 9.90 Å². The summed E-state index contributed by atoms with van der Waals surface area (Å²) in [4.78, 5) is 14.0. The number of ether oxygens (including phenoxy) is 1. The zero-order chi connectivity index (χ0) is 17.6. The molecular formula is C19H19ClN2O3. The molecule has 0 aliphatic rings. The van der Waals surface area contributed by atoms with Crippen molar-refractivity contribution in [2.75, 3.05) is 13.2 Å². The number of halogens is 1. The highest BCUT2D eigenvalue weighted by atomic mass is 35.5. The van der Waals surface area contributed by atoms with E-state index < -0.39 is 6.10 Å². The molecule has 2 aromatic carbocycles. The van der Waals surface area contributed by atoms with Crippen LogP contribution in [0.25, 0.3) is 10.9 Å². The summed E-state index contributed by atoms with van der Waals surface area (Å²) in [5, 5.41) is 14.8. The van der Waals surface area contributed by atoms with Gasteiger partial charge in [0.15, 0.2) is 0 Å². The Kier molecular flexibility index (Phi) is 5.71. The molecule has 1 atom stereocenters. The van der Waals surface area contributed by atoms with Gasteiger partial charge < -0.3 is 20.1 Å². The van der Waals surface area contributed by atoms with Gasteiger partial charge in [-0.2, -0.15) is 0 Å². The molecule has 1 heterocycles. The largest absolute Gasteiger partial charge is 0.491 e. The molecule has 0 amide bonds. The maximum atomic E-state index is 11.3. The maximum Gasteiger partial charge on any atom is 0.248 e. The van der Waals surface area contributed by atoms with Gasteiger partial charge in [-0.25, -0.2) is 0 Å². The predicted molar refractivity (Wildman–Crippen MR) is 99.2 cm³/mol. The normalized spacial score (nSPS) is 12.2. The first-order chi connectivity index (χ1) is 12.1. The first kappa shape index (κ1) is 17.5. The van der Waals surface area contributed by atoms with Crippen LogP contribution in [-0.4, -0.2) is 29.3 Å². The fraction of sp³-hybridized carbons (Fsp3) is 0.211. The molecule has 1 aromatic heterocycles. The number of H-pyrrole nitrogens is 1. The molecule has 0 radical (unpaired) electrons. The second kappa shape index (κ2) is 8.16. The lowest BCUT2D eigenvalue weighted by Gasteiger charge is -2.14. The summed E-state index contributed by atoms with van der Waals surface area (Å²) in [5.41, 5.74) is 1.72. The average Bonchev–Trinajstić information content (AvgIpc) is 2.61. The molecule has 3 N–H and O–H groups in total. The summed E-state index contributed by atoms with van der Waals surface area (Å²) in [6.07, 6.45) is -0.626. The minimum atomic E-state index is -0.626. The van der Waals surface area contributed by atoms with Gasteiger partial charge in [0.05, 0.1) is 0 Å². The number of rotatable bonds is 7. The number of benzene rings is 2. The van der Waals surface area contributed by atoms with Crippen molar-refractivity contribution in [2.45, 2.75) is 12.6 Å². The summed E-state index contributed by atoms with van der Waals surface area (Å²) in [5.74, 6) is 0.649. The van der Waals surface area contributed by atoms with Crippen molar-refractivity contribution >= 4 is 22.5 Å². The van der Waals surface area contributed by atoms with Crippen LogP contribution in [0, 0.1) is 0 Å². The molecule has 3 aromatic rings. The van der Waals surface area contributed by atoms with Gasteiger partial charge in [-0.1, -0.05) is 23.7 Å². The third-order valence-corrected chi connectivity index (χ3v) is 4.01. The predicted octanol–water partition coefficient (Wildman–Crippen LogP) is 2.71. The molecule has 0 saturated heterocycles. The topological polar surface area (TPSA) is 74.3 Å². The van der Waals surface area contributed by atoms with Crippen molar-refractivity contribution in [1.82, 2.24) is 10.3 Å². The van der Waals surface area contributed by atoms with Crippen molar-refractivity contribution in [1.29, 1.82) is 0 Å². The Morgan fingerprint density at radius 2 is 1.92 bits per heavy atom. The average molecular weight is 359 g/mol. The minimum absolute atomic E-state index is 0.136. The third kappa shape index (κ3) is 5.06. The molecule has 6 heteroatoms. The quantitative estimate of drug-likeness (QED) is 0.607. The van der Waals surface area contributed by atoms with Gasteiger partial charge in [-0.3, -0.25) is 4.79 Å². The van der Waals surface area contributed by atoms with Gasteiger partial charge in [0.1, 0.15) is 18.5 Å². The number of fused-ring (bicyclic) bond motifs is 1. The first-order valence-corrected chi connectivity index (χ1v) is 8.37. The zero-order valence-electron chi connectivity index (χ0n) is 13.5. The summed E-state index contributed by atoms with van der Waals surface area (Å²) >= 11 is 5.85. The highest BCUT2D eigenvalue weighted by Crippen LogP contribution is 2.18. The van der Waals surface area contributed by atoms with Gasteiger partial charge in [0.2, 0.25) is 5.56 Å². The number of aromatic amines is 1. The third-order valence-electron chi connectivity index (χ3n) is 3.76. The molecule has 0 saturated carbocycles. The lowest BCUT2D eigenvalue weighted by atomic mass is 10.2. The highest BCUT2D eigenvalue weighted by molar-refractivity contribution is 6.30. The Morgan fingerprint density at radius 3 is 2.72 bits per heavy atom. The van der Waals surface area contributed by atoms with Crippen molar-refractivity contribution in [3.63, 3.8) is 0 Å². The van der Waals surface area contributed by atoms with Crippen LogP contribution in [0.5, 0.6) is 5.75 Å². The van der Waals surface area contributed by atoms with Crippen LogP contribution in [0.4, 0.5) is 0 Å². The lowest BCUT2D eigenvalue weighted by molar-refractivity contribution is 0.106. The fourth-order valence-electron chi connectivity index (χ4n) is 2.46. The lowest BCUT2D eigenvalue weighted by Crippen LogP contribution is -2.31. The molecule has 25 heavy (non-hydrogen) atoms. The number of aliphatic hydroxyl groups excluding tert-OH is 1. The fourth-order valence-corrected chi connectivity index (χ4v) is 2.58. The van der Waals surface area contributed by atoms with Gasteiger partial charge in [0, 0.05) is 35.1 Å². The Hall–Kier alpha value is -2.34. The molecule has 0 bridgehead atoms. The van der Waals surface area contributed by atoms with Crippen LogP contribution >= 0.6 is 11.6 Å². The van der Waals surface area contributed by atoms with E-state index in [4.69, 9.17) is 16.3 Å². The van der Waals surface area contributed by atoms with E-state index in [1.54, 1.807) is 18.2 Å². The van der Waals surface area contributed by atoms with Crippen molar-refractivity contribution in [2.24, 2.45) is 0 Å². The SMILES string of the molecule is O=c1ccc2cc(OC[C@H](O)CNCc3ccc(Cl)cc3)ccc2[nH]1. The number of aliphatic hydroxyl groups is 1. The Morgan fingerprint density at radius 1 is 1.12 bits per heavy atom. The second-order valence-electron chi connectivity index (χ2n) is 5.79. The smallest absolute Gasteiger partial charge is 0.248 e. The molecule has 0 aliphatic heterocycles. The Labute approximate surface area is 150 Å². The van der Waals surface area contributed by atoms with Crippen LogP contribution in [0.3, 0.4) is 0 Å². The molecule has 0 aliphatic carbocycles. The van der Waals surface area contributed by atoms with E-state index in [1.165, 1.54) is 6.07 Å². The molecular weight excluding hydrogens is 340 g/mol. The van der Waals surface area contributed by atoms with Crippen molar-refractivity contribution in [3.8, 4) is 5.75 Å². The number of nitrogens with one attached hydrogen (secondary N) is 2. The molecule has 5 nitrogen and oxygen atoms in total. The van der Waals surface area contributed by atoms with E-state index in [-0.39, 0.29) is 12.2 Å².